The quantitative estimate of drug-likeness (QED) is 0.613. The molecule has 0 radical (unpaired) electrons. The summed E-state index contributed by atoms with van der Waals surface area (Å²) in [6.07, 6.45) is 0.0571. The maximum atomic E-state index is 13.6. The van der Waals surface area contributed by atoms with Gasteiger partial charge < -0.3 is 9.47 Å². The summed E-state index contributed by atoms with van der Waals surface area (Å²) in [6, 6.07) is 3.50. The Morgan fingerprint density at radius 1 is 1.29 bits per heavy atom. The van der Waals surface area contributed by atoms with Crippen molar-refractivity contribution in [3.63, 3.8) is 0 Å². The number of carbonyl (C=O) groups is 3. The van der Waals surface area contributed by atoms with Gasteiger partial charge in [0, 0.05) is 11.6 Å². The van der Waals surface area contributed by atoms with Crippen LogP contribution in [-0.2, 0) is 19.1 Å². The van der Waals surface area contributed by atoms with E-state index in [9.17, 15) is 18.8 Å². The number of ether oxygens (including phenoxy) is 2. The first-order valence-corrected chi connectivity index (χ1v) is 7.40. The van der Waals surface area contributed by atoms with Gasteiger partial charge in [-0.1, -0.05) is 0 Å². The molecule has 0 saturated heterocycles. The number of anilines is 1. The zero-order chi connectivity index (χ0) is 18.1. The van der Waals surface area contributed by atoms with Gasteiger partial charge in [-0.25, -0.2) is 18.9 Å². The number of imide groups is 1. The molecule has 2 amide bonds. The second-order valence-electron chi connectivity index (χ2n) is 6.09. The number of fused-ring (bicyclic) bond motifs is 1. The van der Waals surface area contributed by atoms with Gasteiger partial charge in [-0.05, 0) is 45.9 Å². The maximum absolute atomic E-state index is 13.6. The fraction of sp³-hybridized carbons (Fsp3) is 0.353. The minimum absolute atomic E-state index is 0.117. The summed E-state index contributed by atoms with van der Waals surface area (Å²) in [6.45, 7) is 6.72. The molecule has 1 aliphatic heterocycles. The molecule has 7 heteroatoms. The molecular weight excluding hydrogens is 317 g/mol. The van der Waals surface area contributed by atoms with Crippen molar-refractivity contribution in [2.24, 2.45) is 0 Å². The third-order valence-electron chi connectivity index (χ3n) is 3.05. The predicted molar refractivity (Wildman–Crippen MR) is 84.7 cm³/mol. The highest BCUT2D eigenvalue weighted by Crippen LogP contribution is 2.38. The number of rotatable bonds is 2. The zero-order valence-corrected chi connectivity index (χ0v) is 13.9. The summed E-state index contributed by atoms with van der Waals surface area (Å²) in [5.74, 6) is -2.11. The van der Waals surface area contributed by atoms with Crippen LogP contribution in [0.4, 0.5) is 14.9 Å². The van der Waals surface area contributed by atoms with Crippen LogP contribution in [0, 0.1) is 5.82 Å². The Labute approximate surface area is 138 Å². The van der Waals surface area contributed by atoms with Gasteiger partial charge >= 0.3 is 12.1 Å². The summed E-state index contributed by atoms with van der Waals surface area (Å²) >= 11 is 0. The molecule has 0 atom stereocenters. The molecule has 0 fully saturated rings. The van der Waals surface area contributed by atoms with Gasteiger partial charge in [-0.15, -0.1) is 0 Å². The van der Waals surface area contributed by atoms with Crippen LogP contribution in [0.2, 0.25) is 0 Å². The highest BCUT2D eigenvalue weighted by atomic mass is 19.1. The number of hydrogen-bond donors (Lipinski definition) is 0. The number of amides is 2. The minimum atomic E-state index is -0.896. The first-order chi connectivity index (χ1) is 11.1. The Kier molecular flexibility index (Phi) is 4.73. The monoisotopic (exact) mass is 335 g/mol. The van der Waals surface area contributed by atoms with Gasteiger partial charge in [0.15, 0.2) is 0 Å². The van der Waals surface area contributed by atoms with Crippen molar-refractivity contribution in [2.45, 2.75) is 33.3 Å². The molecule has 1 aromatic carbocycles. The summed E-state index contributed by atoms with van der Waals surface area (Å²) in [7, 11) is 0. The van der Waals surface area contributed by atoms with Gasteiger partial charge in [-0.2, -0.15) is 0 Å². The van der Waals surface area contributed by atoms with E-state index in [2.05, 4.69) is 0 Å². The third kappa shape index (κ3) is 3.61. The standard InChI is InChI=1S/C17H18FNO5/c1-5-23-14(20)9-12-11-8-10(18)6-7-13(11)19(15(12)21)16(22)24-17(2,3)4/h6-9H,5H2,1-4H3/b12-9+. The lowest BCUT2D eigenvalue weighted by atomic mass is 10.1. The van der Waals surface area contributed by atoms with E-state index in [1.54, 1.807) is 27.7 Å². The van der Waals surface area contributed by atoms with E-state index in [1.165, 1.54) is 6.07 Å². The highest BCUT2D eigenvalue weighted by molar-refractivity contribution is 6.40. The first kappa shape index (κ1) is 17.7. The lowest BCUT2D eigenvalue weighted by Gasteiger charge is -2.23. The molecule has 1 heterocycles. The van der Waals surface area contributed by atoms with Gasteiger partial charge in [0.2, 0.25) is 0 Å². The van der Waals surface area contributed by atoms with E-state index in [-0.39, 0.29) is 23.4 Å². The molecular formula is C17H18FNO5. The third-order valence-corrected chi connectivity index (χ3v) is 3.05. The Hall–Kier alpha value is -2.70. The second kappa shape index (κ2) is 6.43. The molecule has 128 valence electrons. The fourth-order valence-electron chi connectivity index (χ4n) is 2.19. The van der Waals surface area contributed by atoms with Crippen LogP contribution in [-0.4, -0.2) is 30.2 Å². The lowest BCUT2D eigenvalue weighted by molar-refractivity contribution is -0.137. The summed E-state index contributed by atoms with van der Waals surface area (Å²) < 4.78 is 23.5. The van der Waals surface area contributed by atoms with Gasteiger partial charge in [-0.3, -0.25) is 4.79 Å². The lowest BCUT2D eigenvalue weighted by Crippen LogP contribution is -2.38. The summed E-state index contributed by atoms with van der Waals surface area (Å²) in [5.41, 5.74) is -0.635. The van der Waals surface area contributed by atoms with E-state index in [0.29, 0.717) is 0 Å². The number of hydrogen-bond acceptors (Lipinski definition) is 5. The molecule has 0 N–H and O–H groups in total. The minimum Gasteiger partial charge on any atom is -0.463 e. The van der Waals surface area contributed by atoms with Crippen molar-refractivity contribution in [3.8, 4) is 0 Å². The maximum Gasteiger partial charge on any atom is 0.422 e. The molecule has 24 heavy (non-hydrogen) atoms. The van der Waals surface area contributed by atoms with Crippen LogP contribution in [0.1, 0.15) is 33.3 Å². The predicted octanol–water partition coefficient (Wildman–Crippen LogP) is 3.05. The molecule has 6 nitrogen and oxygen atoms in total. The van der Waals surface area contributed by atoms with E-state index >= 15 is 0 Å². The van der Waals surface area contributed by atoms with Crippen molar-refractivity contribution in [3.05, 3.63) is 35.7 Å². The van der Waals surface area contributed by atoms with E-state index in [1.807, 2.05) is 0 Å². The Morgan fingerprint density at radius 2 is 1.96 bits per heavy atom. The van der Waals surface area contributed by atoms with Gasteiger partial charge in [0.1, 0.15) is 11.4 Å². The first-order valence-electron chi connectivity index (χ1n) is 7.40. The van der Waals surface area contributed by atoms with E-state index < -0.39 is 29.4 Å². The Bertz CT molecular complexity index is 733. The fourth-order valence-corrected chi connectivity index (χ4v) is 2.19. The Balaban J connectivity index is 2.48. The van der Waals surface area contributed by atoms with Crippen LogP contribution in [0.5, 0.6) is 0 Å². The van der Waals surface area contributed by atoms with Crippen LogP contribution < -0.4 is 4.90 Å². The largest absolute Gasteiger partial charge is 0.463 e. The molecule has 1 aromatic rings. The average molecular weight is 335 g/mol. The molecule has 0 bridgehead atoms. The summed E-state index contributed by atoms with van der Waals surface area (Å²) in [5, 5.41) is 0. The van der Waals surface area contributed by atoms with Crippen LogP contribution in [0.15, 0.2) is 24.3 Å². The molecule has 0 aliphatic carbocycles. The van der Waals surface area contributed by atoms with Crippen LogP contribution in [0.25, 0.3) is 5.57 Å². The van der Waals surface area contributed by atoms with E-state index in [0.717, 1.165) is 23.1 Å². The average Bonchev–Trinajstić information content (AvgIpc) is 2.70. The van der Waals surface area contributed by atoms with Crippen LogP contribution in [0.3, 0.4) is 0 Å². The number of nitrogens with zero attached hydrogens (tertiary/aromatic N) is 1. The van der Waals surface area contributed by atoms with Crippen molar-refractivity contribution < 1.29 is 28.2 Å². The molecule has 0 saturated carbocycles. The number of benzene rings is 1. The Morgan fingerprint density at radius 3 is 2.54 bits per heavy atom. The van der Waals surface area contributed by atoms with E-state index in [4.69, 9.17) is 9.47 Å². The SMILES string of the molecule is CCOC(=O)/C=C1/C(=O)N(C(=O)OC(C)(C)C)c2ccc(F)cc21. The normalized spacial score (nSPS) is 15.5. The van der Waals surface area contributed by atoms with Crippen LogP contribution >= 0.6 is 0 Å². The molecule has 0 aromatic heterocycles. The van der Waals surface area contributed by atoms with Crippen molar-refractivity contribution in [2.75, 3.05) is 11.5 Å². The number of esters is 1. The molecule has 1 aliphatic rings. The van der Waals surface area contributed by atoms with Crippen molar-refractivity contribution >= 4 is 29.2 Å². The molecule has 2 rings (SSSR count). The van der Waals surface area contributed by atoms with Gasteiger partial charge in [0.05, 0.1) is 17.9 Å². The second-order valence-corrected chi connectivity index (χ2v) is 6.09. The number of carbonyl (C=O) groups excluding carboxylic acids is 3. The van der Waals surface area contributed by atoms with Gasteiger partial charge in [0.25, 0.3) is 5.91 Å². The van der Waals surface area contributed by atoms with Crippen molar-refractivity contribution in [1.82, 2.24) is 0 Å². The zero-order valence-electron chi connectivity index (χ0n) is 13.9. The van der Waals surface area contributed by atoms with Crippen molar-refractivity contribution in [1.29, 1.82) is 0 Å². The molecule has 0 spiro atoms. The number of halogens is 1. The summed E-state index contributed by atoms with van der Waals surface area (Å²) in [4.78, 5) is 37.3. The molecule has 0 unspecified atom stereocenters. The topological polar surface area (TPSA) is 72.9 Å². The smallest absolute Gasteiger partial charge is 0.422 e. The highest BCUT2D eigenvalue weighted by Gasteiger charge is 2.39.